The number of amides is 1. The molecule has 88 valence electrons. The van der Waals surface area contributed by atoms with Gasteiger partial charge in [-0.15, -0.1) is 0 Å². The molecule has 0 saturated heterocycles. The van der Waals surface area contributed by atoms with E-state index in [1.54, 1.807) is 0 Å². The second-order valence-electron chi connectivity index (χ2n) is 3.53. The standard InChI is InChI=1S/C12H18N2O2/c1-4-8-6-10(14-12(15)16-3)7-9(5-2)11(8)13/h6-7H,4-5,13H2,1-3H3,(H,14,15). The maximum Gasteiger partial charge on any atom is 0.411 e. The Hall–Kier alpha value is -1.71. The first-order chi connectivity index (χ1) is 7.62. The van der Waals surface area contributed by atoms with Crippen LogP contribution in [0, 0.1) is 0 Å². The number of nitrogens with one attached hydrogen (secondary N) is 1. The fraction of sp³-hybridized carbons (Fsp3) is 0.417. The summed E-state index contributed by atoms with van der Waals surface area (Å²) in [5.41, 5.74) is 9.64. The molecule has 0 aliphatic heterocycles. The Balaban J connectivity index is 3.06. The maximum atomic E-state index is 11.1. The lowest BCUT2D eigenvalue weighted by atomic mass is 10.0. The smallest absolute Gasteiger partial charge is 0.411 e. The van der Waals surface area contributed by atoms with E-state index >= 15 is 0 Å². The Labute approximate surface area is 95.8 Å². The van der Waals surface area contributed by atoms with Crippen molar-refractivity contribution in [3.63, 3.8) is 0 Å². The fourth-order valence-electron chi connectivity index (χ4n) is 1.60. The van der Waals surface area contributed by atoms with Crippen LogP contribution in [0.5, 0.6) is 0 Å². The van der Waals surface area contributed by atoms with Crippen molar-refractivity contribution in [2.24, 2.45) is 0 Å². The van der Waals surface area contributed by atoms with Crippen LogP contribution in [0.3, 0.4) is 0 Å². The number of ether oxygens (including phenoxy) is 1. The van der Waals surface area contributed by atoms with Crippen LogP contribution in [-0.2, 0) is 17.6 Å². The number of benzene rings is 1. The largest absolute Gasteiger partial charge is 0.453 e. The predicted molar refractivity (Wildman–Crippen MR) is 65.6 cm³/mol. The molecular formula is C12H18N2O2. The van der Waals surface area contributed by atoms with E-state index in [2.05, 4.69) is 10.1 Å². The molecule has 4 nitrogen and oxygen atoms in total. The van der Waals surface area contributed by atoms with Gasteiger partial charge in [0.05, 0.1) is 7.11 Å². The van der Waals surface area contributed by atoms with Gasteiger partial charge >= 0.3 is 6.09 Å². The zero-order valence-electron chi connectivity index (χ0n) is 9.96. The third-order valence-electron chi connectivity index (χ3n) is 2.54. The number of nitrogens with two attached hydrogens (primary N) is 1. The molecule has 1 aromatic carbocycles. The molecule has 0 aliphatic carbocycles. The van der Waals surface area contributed by atoms with Gasteiger partial charge in [0.25, 0.3) is 0 Å². The Morgan fingerprint density at radius 1 is 1.31 bits per heavy atom. The predicted octanol–water partition coefficient (Wildman–Crippen LogP) is 2.57. The summed E-state index contributed by atoms with van der Waals surface area (Å²) < 4.78 is 4.55. The van der Waals surface area contributed by atoms with Crippen LogP contribution in [0.15, 0.2) is 12.1 Å². The van der Waals surface area contributed by atoms with Gasteiger partial charge < -0.3 is 10.5 Å². The molecule has 0 spiro atoms. The molecule has 0 bridgehead atoms. The van der Waals surface area contributed by atoms with E-state index in [1.807, 2.05) is 26.0 Å². The minimum atomic E-state index is -0.464. The van der Waals surface area contributed by atoms with Gasteiger partial charge in [0.15, 0.2) is 0 Å². The second kappa shape index (κ2) is 5.39. The SMILES string of the molecule is CCc1cc(NC(=O)OC)cc(CC)c1N. The molecule has 0 saturated carbocycles. The normalized spacial score (nSPS) is 9.94. The fourth-order valence-corrected chi connectivity index (χ4v) is 1.60. The summed E-state index contributed by atoms with van der Waals surface area (Å²) in [5, 5.41) is 2.65. The van der Waals surface area contributed by atoms with E-state index in [-0.39, 0.29) is 0 Å². The number of nitrogen functional groups attached to an aromatic ring is 1. The lowest BCUT2D eigenvalue weighted by Gasteiger charge is -2.12. The van der Waals surface area contributed by atoms with Gasteiger partial charge in [0.1, 0.15) is 0 Å². The third-order valence-corrected chi connectivity index (χ3v) is 2.54. The Kier molecular flexibility index (Phi) is 4.17. The van der Waals surface area contributed by atoms with Crippen LogP contribution in [-0.4, -0.2) is 13.2 Å². The molecule has 4 heteroatoms. The number of carbonyl (C=O) groups excluding carboxylic acids is 1. The highest BCUT2D eigenvalue weighted by atomic mass is 16.5. The highest BCUT2D eigenvalue weighted by Crippen LogP contribution is 2.24. The van der Waals surface area contributed by atoms with Gasteiger partial charge in [0, 0.05) is 11.4 Å². The number of hydrogen-bond acceptors (Lipinski definition) is 3. The number of anilines is 2. The Bertz CT molecular complexity index is 364. The van der Waals surface area contributed by atoms with E-state index in [9.17, 15) is 4.79 Å². The van der Waals surface area contributed by atoms with Crippen LogP contribution in [0.2, 0.25) is 0 Å². The minimum Gasteiger partial charge on any atom is -0.453 e. The number of aryl methyl sites for hydroxylation is 2. The topological polar surface area (TPSA) is 64.3 Å². The average molecular weight is 222 g/mol. The summed E-state index contributed by atoms with van der Waals surface area (Å²) in [7, 11) is 1.34. The molecule has 1 amide bonds. The van der Waals surface area contributed by atoms with Gasteiger partial charge in [-0.25, -0.2) is 4.79 Å². The van der Waals surface area contributed by atoms with Crippen LogP contribution in [0.1, 0.15) is 25.0 Å². The number of carbonyl (C=O) groups is 1. The molecule has 1 aromatic rings. The average Bonchev–Trinajstić information content (AvgIpc) is 2.30. The monoisotopic (exact) mass is 222 g/mol. The molecule has 0 fully saturated rings. The van der Waals surface area contributed by atoms with E-state index < -0.39 is 6.09 Å². The summed E-state index contributed by atoms with van der Waals surface area (Å²) >= 11 is 0. The Morgan fingerprint density at radius 3 is 2.19 bits per heavy atom. The zero-order chi connectivity index (χ0) is 12.1. The molecule has 0 aromatic heterocycles. The van der Waals surface area contributed by atoms with Gasteiger partial charge in [-0.2, -0.15) is 0 Å². The van der Waals surface area contributed by atoms with Crippen LogP contribution < -0.4 is 11.1 Å². The second-order valence-corrected chi connectivity index (χ2v) is 3.53. The molecule has 16 heavy (non-hydrogen) atoms. The summed E-state index contributed by atoms with van der Waals surface area (Å²) in [6, 6.07) is 3.76. The van der Waals surface area contributed by atoms with E-state index in [1.165, 1.54) is 7.11 Å². The van der Waals surface area contributed by atoms with Gasteiger partial charge in [0.2, 0.25) is 0 Å². The van der Waals surface area contributed by atoms with Crippen LogP contribution in [0.4, 0.5) is 16.2 Å². The van der Waals surface area contributed by atoms with Crippen molar-refractivity contribution < 1.29 is 9.53 Å². The first-order valence-corrected chi connectivity index (χ1v) is 5.38. The van der Waals surface area contributed by atoms with Gasteiger partial charge in [-0.1, -0.05) is 13.8 Å². The highest BCUT2D eigenvalue weighted by Gasteiger charge is 2.07. The van der Waals surface area contributed by atoms with E-state index in [0.29, 0.717) is 0 Å². The summed E-state index contributed by atoms with van der Waals surface area (Å²) in [6.45, 7) is 4.07. The van der Waals surface area contributed by atoms with Crippen LogP contribution >= 0.6 is 0 Å². The van der Waals surface area contributed by atoms with Crippen molar-refractivity contribution in [2.75, 3.05) is 18.2 Å². The minimum absolute atomic E-state index is 0.464. The van der Waals surface area contributed by atoms with Crippen molar-refractivity contribution in [3.8, 4) is 0 Å². The van der Waals surface area contributed by atoms with Crippen molar-refractivity contribution in [1.29, 1.82) is 0 Å². The van der Waals surface area contributed by atoms with Crippen molar-refractivity contribution >= 4 is 17.5 Å². The molecular weight excluding hydrogens is 204 g/mol. The molecule has 0 unspecified atom stereocenters. The van der Waals surface area contributed by atoms with Crippen molar-refractivity contribution in [2.45, 2.75) is 26.7 Å². The molecule has 0 heterocycles. The van der Waals surface area contributed by atoms with Crippen molar-refractivity contribution in [1.82, 2.24) is 0 Å². The van der Waals surface area contributed by atoms with Crippen molar-refractivity contribution in [3.05, 3.63) is 23.3 Å². The van der Waals surface area contributed by atoms with Gasteiger partial charge in [-0.3, -0.25) is 5.32 Å². The highest BCUT2D eigenvalue weighted by molar-refractivity contribution is 5.85. The Morgan fingerprint density at radius 2 is 1.81 bits per heavy atom. The zero-order valence-corrected chi connectivity index (χ0v) is 9.96. The van der Waals surface area contributed by atoms with Crippen LogP contribution in [0.25, 0.3) is 0 Å². The third kappa shape index (κ3) is 2.66. The molecule has 1 rings (SSSR count). The molecule has 0 radical (unpaired) electrons. The molecule has 0 atom stereocenters. The lowest BCUT2D eigenvalue weighted by molar-refractivity contribution is 0.187. The summed E-state index contributed by atoms with van der Waals surface area (Å²) in [6.07, 6.45) is 1.22. The quantitative estimate of drug-likeness (QED) is 0.772. The lowest BCUT2D eigenvalue weighted by Crippen LogP contribution is -2.12. The summed E-state index contributed by atoms with van der Waals surface area (Å²) in [5.74, 6) is 0. The number of hydrogen-bond donors (Lipinski definition) is 2. The first kappa shape index (κ1) is 12.4. The number of methoxy groups -OCH3 is 1. The molecule has 0 aliphatic rings. The summed E-state index contributed by atoms with van der Waals surface area (Å²) in [4.78, 5) is 11.1. The number of rotatable bonds is 3. The first-order valence-electron chi connectivity index (χ1n) is 5.38. The molecule has 3 N–H and O–H groups in total. The van der Waals surface area contributed by atoms with Gasteiger partial charge in [-0.05, 0) is 36.1 Å². The van der Waals surface area contributed by atoms with E-state index in [4.69, 9.17) is 5.73 Å². The maximum absolute atomic E-state index is 11.1. The van der Waals surface area contributed by atoms with E-state index in [0.717, 1.165) is 35.3 Å².